The van der Waals surface area contributed by atoms with Gasteiger partial charge in [-0.1, -0.05) is 0 Å². The van der Waals surface area contributed by atoms with Gasteiger partial charge in [-0.3, -0.25) is 9.48 Å². The van der Waals surface area contributed by atoms with Crippen molar-refractivity contribution in [2.45, 2.75) is 18.4 Å². The van der Waals surface area contributed by atoms with E-state index in [4.69, 9.17) is 15.2 Å². The molecular formula is C19H22N6O3. The monoisotopic (exact) mass is 382 g/mol. The van der Waals surface area contributed by atoms with Gasteiger partial charge in [0, 0.05) is 30.8 Å². The molecule has 9 nitrogen and oxygen atoms in total. The molecule has 0 unspecified atom stereocenters. The molecular weight excluding hydrogens is 360 g/mol. The number of hydrogen-bond acceptors (Lipinski definition) is 6. The van der Waals surface area contributed by atoms with E-state index in [1.165, 1.54) is 0 Å². The first-order chi connectivity index (χ1) is 13.5. The number of amides is 1. The zero-order chi connectivity index (χ0) is 19.3. The molecule has 2 fully saturated rings. The van der Waals surface area contributed by atoms with Crippen molar-refractivity contribution in [3.05, 3.63) is 30.6 Å². The fraction of sp³-hybridized carbons (Fsp3) is 0.421. The molecule has 3 aromatic rings. The number of anilines is 1. The molecule has 0 spiro atoms. The van der Waals surface area contributed by atoms with E-state index in [0.29, 0.717) is 31.4 Å². The first kappa shape index (κ1) is 17.2. The van der Waals surface area contributed by atoms with Gasteiger partial charge in [-0.25, -0.2) is 4.52 Å². The summed E-state index contributed by atoms with van der Waals surface area (Å²) < 4.78 is 14.6. The van der Waals surface area contributed by atoms with E-state index in [9.17, 15) is 4.79 Å². The van der Waals surface area contributed by atoms with Crippen molar-refractivity contribution >= 4 is 17.2 Å². The molecule has 1 saturated carbocycles. The molecule has 0 atom stereocenters. The van der Waals surface area contributed by atoms with Crippen molar-refractivity contribution in [1.29, 1.82) is 0 Å². The molecule has 1 aliphatic heterocycles. The lowest BCUT2D eigenvalue weighted by Crippen LogP contribution is -2.61. The highest BCUT2D eigenvalue weighted by Gasteiger charge is 2.35. The fourth-order valence-electron chi connectivity index (χ4n) is 3.30. The number of aromatic nitrogens is 4. The maximum atomic E-state index is 12.0. The van der Waals surface area contributed by atoms with E-state index in [-0.39, 0.29) is 11.8 Å². The number of fused-ring (bicyclic) bond motifs is 1. The Hall–Kier alpha value is -2.91. The van der Waals surface area contributed by atoms with E-state index >= 15 is 0 Å². The van der Waals surface area contributed by atoms with Crippen molar-refractivity contribution in [2.24, 2.45) is 18.7 Å². The van der Waals surface area contributed by atoms with Gasteiger partial charge in [0.25, 0.3) is 0 Å². The average molecular weight is 382 g/mol. The molecule has 0 aromatic carbocycles. The van der Waals surface area contributed by atoms with Crippen LogP contribution in [0.1, 0.15) is 12.8 Å². The molecule has 28 heavy (non-hydrogen) atoms. The maximum absolute atomic E-state index is 12.0. The van der Waals surface area contributed by atoms with Crippen LogP contribution in [0.5, 0.6) is 5.75 Å². The first-order valence-electron chi connectivity index (χ1n) is 9.33. The smallest absolute Gasteiger partial charge is 0.228 e. The Morgan fingerprint density at radius 2 is 2.25 bits per heavy atom. The Balaban J connectivity index is 1.40. The summed E-state index contributed by atoms with van der Waals surface area (Å²) in [6.45, 7) is 1.37. The third-order valence-corrected chi connectivity index (χ3v) is 5.14. The minimum absolute atomic E-state index is 0.0432. The maximum Gasteiger partial charge on any atom is 0.228 e. The molecule has 0 radical (unpaired) electrons. The summed E-state index contributed by atoms with van der Waals surface area (Å²) in [5, 5.41) is 11.6. The zero-order valence-corrected chi connectivity index (χ0v) is 15.6. The topological polar surface area (TPSA) is 109 Å². The summed E-state index contributed by atoms with van der Waals surface area (Å²) in [5.74, 6) is 1.42. The van der Waals surface area contributed by atoms with E-state index in [0.717, 1.165) is 29.6 Å². The number of rotatable bonds is 6. The van der Waals surface area contributed by atoms with Gasteiger partial charge < -0.3 is 20.5 Å². The second kappa shape index (κ2) is 6.32. The molecule has 9 heteroatoms. The highest BCUT2D eigenvalue weighted by Crippen LogP contribution is 2.32. The van der Waals surface area contributed by atoms with E-state index in [1.54, 1.807) is 15.4 Å². The number of nitrogens with two attached hydrogens (primary N) is 1. The molecule has 3 aromatic heterocycles. The quantitative estimate of drug-likeness (QED) is 0.663. The molecule has 3 N–H and O–H groups in total. The number of nitrogens with zero attached hydrogens (tertiary/aromatic N) is 4. The lowest BCUT2D eigenvalue weighted by molar-refractivity contribution is -0.117. The van der Waals surface area contributed by atoms with Crippen molar-refractivity contribution in [1.82, 2.24) is 19.4 Å². The van der Waals surface area contributed by atoms with E-state index < -0.39 is 5.54 Å². The van der Waals surface area contributed by atoms with Gasteiger partial charge in [-0.2, -0.15) is 10.2 Å². The molecule has 1 amide bonds. The lowest BCUT2D eigenvalue weighted by Gasteiger charge is -2.37. The molecule has 2 aliphatic rings. The first-order valence-corrected chi connectivity index (χ1v) is 9.33. The normalized spacial score (nSPS) is 18.1. The van der Waals surface area contributed by atoms with Gasteiger partial charge in [0.15, 0.2) is 11.6 Å². The van der Waals surface area contributed by atoms with Crippen LogP contribution in [0.25, 0.3) is 16.8 Å². The second-order valence-corrected chi connectivity index (χ2v) is 7.70. The van der Waals surface area contributed by atoms with Gasteiger partial charge in [-0.15, -0.1) is 0 Å². The van der Waals surface area contributed by atoms with Gasteiger partial charge in [0.1, 0.15) is 12.3 Å². The van der Waals surface area contributed by atoms with E-state index in [2.05, 4.69) is 15.5 Å². The number of hydrogen-bond donors (Lipinski definition) is 2. The van der Waals surface area contributed by atoms with Crippen LogP contribution < -0.4 is 15.8 Å². The third-order valence-electron chi connectivity index (χ3n) is 5.14. The van der Waals surface area contributed by atoms with Gasteiger partial charge in [-0.05, 0) is 25.0 Å². The van der Waals surface area contributed by atoms with Crippen LogP contribution in [0.2, 0.25) is 0 Å². The lowest BCUT2D eigenvalue weighted by atomic mass is 10.0. The highest BCUT2D eigenvalue weighted by atomic mass is 16.5. The van der Waals surface area contributed by atoms with Crippen LogP contribution in [0, 0.1) is 5.92 Å². The predicted molar refractivity (Wildman–Crippen MR) is 102 cm³/mol. The molecule has 0 bridgehead atoms. The molecule has 4 heterocycles. The van der Waals surface area contributed by atoms with Gasteiger partial charge in [0.2, 0.25) is 5.91 Å². The van der Waals surface area contributed by atoms with E-state index in [1.807, 2.05) is 31.4 Å². The van der Waals surface area contributed by atoms with Crippen LogP contribution >= 0.6 is 0 Å². The standard InChI is InChI=1S/C19H22N6O3/c1-24-17(15(8-21-24)28-11-19(20)9-27-10-19)13-4-5-25-14(6-13)7-16(23-25)22-18(26)12-2-3-12/h4-8,12H,2-3,9-11,20H2,1H3,(H,22,23,26). The molecule has 1 saturated heterocycles. The number of pyridine rings is 1. The average Bonchev–Trinajstić information content (AvgIpc) is 3.33. The van der Waals surface area contributed by atoms with Crippen LogP contribution in [0.3, 0.4) is 0 Å². The molecule has 1 aliphatic carbocycles. The Morgan fingerprint density at radius 1 is 1.43 bits per heavy atom. The van der Waals surface area contributed by atoms with Crippen LogP contribution in [-0.2, 0) is 16.6 Å². The summed E-state index contributed by atoms with van der Waals surface area (Å²) >= 11 is 0. The predicted octanol–water partition coefficient (Wildman–Crippen LogP) is 1.19. The van der Waals surface area contributed by atoms with Gasteiger partial charge in [0.05, 0.1) is 30.5 Å². The summed E-state index contributed by atoms with van der Waals surface area (Å²) in [7, 11) is 1.87. The Bertz CT molecular complexity index is 1050. The summed E-state index contributed by atoms with van der Waals surface area (Å²) in [6, 6.07) is 5.80. The van der Waals surface area contributed by atoms with Crippen molar-refractivity contribution in [2.75, 3.05) is 25.1 Å². The Kier molecular flexibility index (Phi) is 3.88. The SMILES string of the molecule is Cn1ncc(OCC2(N)COC2)c1-c1ccn2nc(NC(=O)C3CC3)cc2c1. The highest BCUT2D eigenvalue weighted by molar-refractivity contribution is 5.93. The summed E-state index contributed by atoms with van der Waals surface area (Å²) in [6.07, 6.45) is 5.48. The zero-order valence-electron chi connectivity index (χ0n) is 15.6. The fourth-order valence-corrected chi connectivity index (χ4v) is 3.30. The summed E-state index contributed by atoms with van der Waals surface area (Å²) in [5.41, 5.74) is 8.41. The Morgan fingerprint density at radius 3 is 2.96 bits per heavy atom. The molecule has 5 rings (SSSR count). The Labute approximate surface area is 161 Å². The van der Waals surface area contributed by atoms with Crippen LogP contribution in [-0.4, -0.2) is 50.7 Å². The van der Waals surface area contributed by atoms with Crippen LogP contribution in [0.15, 0.2) is 30.6 Å². The number of carbonyl (C=O) groups excluding carboxylic acids is 1. The van der Waals surface area contributed by atoms with Gasteiger partial charge >= 0.3 is 0 Å². The third kappa shape index (κ3) is 3.12. The summed E-state index contributed by atoms with van der Waals surface area (Å²) in [4.78, 5) is 12.0. The number of nitrogens with one attached hydrogen (secondary N) is 1. The largest absolute Gasteiger partial charge is 0.488 e. The van der Waals surface area contributed by atoms with Crippen molar-refractivity contribution in [3.63, 3.8) is 0 Å². The van der Waals surface area contributed by atoms with Crippen molar-refractivity contribution < 1.29 is 14.3 Å². The number of aryl methyl sites for hydroxylation is 1. The van der Waals surface area contributed by atoms with Crippen molar-refractivity contribution in [3.8, 4) is 17.0 Å². The number of ether oxygens (including phenoxy) is 2. The minimum atomic E-state index is -0.433. The van der Waals surface area contributed by atoms with Crippen LogP contribution in [0.4, 0.5) is 5.82 Å². The minimum Gasteiger partial charge on any atom is -0.488 e. The molecule has 146 valence electrons. The second-order valence-electron chi connectivity index (χ2n) is 7.70. The number of carbonyl (C=O) groups is 1.